The molecule has 0 aromatic heterocycles. The lowest BCUT2D eigenvalue weighted by Gasteiger charge is -2.29. The number of amides is 1. The lowest BCUT2D eigenvalue weighted by Crippen LogP contribution is -2.37. The molecular weight excluding hydrogens is 324 g/mol. The molecule has 1 amide bonds. The van der Waals surface area contributed by atoms with E-state index >= 15 is 0 Å². The second-order valence-corrected chi connectivity index (χ2v) is 9.83. The van der Waals surface area contributed by atoms with Gasteiger partial charge in [0.2, 0.25) is 15.9 Å². The Morgan fingerprint density at radius 3 is 2.21 bits per heavy atom. The summed E-state index contributed by atoms with van der Waals surface area (Å²) in [7, 11) is -3.44. The van der Waals surface area contributed by atoms with Crippen molar-refractivity contribution in [3.05, 3.63) is 24.3 Å². The maximum absolute atomic E-state index is 12.7. The van der Waals surface area contributed by atoms with Crippen molar-refractivity contribution < 1.29 is 13.2 Å². The number of rotatable bonds is 4. The zero-order valence-electron chi connectivity index (χ0n) is 15.0. The van der Waals surface area contributed by atoms with Crippen LogP contribution in [0.25, 0.3) is 0 Å². The van der Waals surface area contributed by atoms with E-state index in [-0.39, 0.29) is 16.2 Å². The molecule has 0 bridgehead atoms. The van der Waals surface area contributed by atoms with Gasteiger partial charge in [0.15, 0.2) is 0 Å². The van der Waals surface area contributed by atoms with E-state index in [2.05, 4.69) is 12.2 Å². The minimum atomic E-state index is -3.44. The fourth-order valence-corrected chi connectivity index (χ4v) is 4.24. The van der Waals surface area contributed by atoms with Crippen molar-refractivity contribution in [2.45, 2.75) is 51.9 Å². The van der Waals surface area contributed by atoms with Crippen molar-refractivity contribution in [2.75, 3.05) is 18.4 Å². The normalized spacial score (nSPS) is 17.7. The molecular formula is C18H28N2O3S. The van der Waals surface area contributed by atoms with E-state index in [9.17, 15) is 13.2 Å². The van der Waals surface area contributed by atoms with Crippen LogP contribution in [-0.4, -0.2) is 31.7 Å². The highest BCUT2D eigenvalue weighted by molar-refractivity contribution is 7.89. The molecule has 5 nitrogen and oxygen atoms in total. The Balaban J connectivity index is 2.04. The van der Waals surface area contributed by atoms with Crippen LogP contribution in [0, 0.1) is 11.3 Å². The van der Waals surface area contributed by atoms with Crippen LogP contribution in [-0.2, 0) is 14.8 Å². The summed E-state index contributed by atoms with van der Waals surface area (Å²) < 4.78 is 26.9. The molecule has 1 N–H and O–H groups in total. The average molecular weight is 353 g/mol. The molecule has 0 aliphatic carbocycles. The molecule has 6 heteroatoms. The van der Waals surface area contributed by atoms with Gasteiger partial charge in [-0.05, 0) is 48.4 Å². The molecule has 1 aromatic rings. The van der Waals surface area contributed by atoms with Crippen LogP contribution in [0.3, 0.4) is 0 Å². The highest BCUT2D eigenvalue weighted by Crippen LogP contribution is 2.25. The summed E-state index contributed by atoms with van der Waals surface area (Å²) in [6, 6.07) is 6.44. The van der Waals surface area contributed by atoms with Gasteiger partial charge in [-0.3, -0.25) is 4.79 Å². The zero-order chi connectivity index (χ0) is 18.0. The van der Waals surface area contributed by atoms with Gasteiger partial charge in [-0.1, -0.05) is 27.7 Å². The molecule has 0 atom stereocenters. The van der Waals surface area contributed by atoms with Gasteiger partial charge in [-0.25, -0.2) is 8.42 Å². The van der Waals surface area contributed by atoms with E-state index in [1.165, 1.54) is 0 Å². The molecule has 0 unspecified atom stereocenters. The standard InChI is InChI=1S/C18H28N2O3S/c1-14-9-11-20(12-10-14)24(22,23)16-7-5-15(6-8-16)19-17(21)13-18(2,3)4/h5-8,14H,9-13H2,1-4H3,(H,19,21). The molecule has 134 valence electrons. The Kier molecular flexibility index (Phi) is 5.71. The second-order valence-electron chi connectivity index (χ2n) is 7.90. The van der Waals surface area contributed by atoms with E-state index in [4.69, 9.17) is 0 Å². The summed E-state index contributed by atoms with van der Waals surface area (Å²) in [5.74, 6) is 0.514. The van der Waals surface area contributed by atoms with Crippen LogP contribution in [0.5, 0.6) is 0 Å². The van der Waals surface area contributed by atoms with Gasteiger partial charge >= 0.3 is 0 Å². The van der Waals surface area contributed by atoms with Crippen molar-refractivity contribution in [3.8, 4) is 0 Å². The number of benzene rings is 1. The van der Waals surface area contributed by atoms with Crippen LogP contribution in [0.4, 0.5) is 5.69 Å². The van der Waals surface area contributed by atoms with Crippen molar-refractivity contribution >= 4 is 21.6 Å². The van der Waals surface area contributed by atoms with Crippen LogP contribution < -0.4 is 5.32 Å². The minimum absolute atomic E-state index is 0.0666. The molecule has 0 radical (unpaired) electrons. The molecule has 24 heavy (non-hydrogen) atoms. The van der Waals surface area contributed by atoms with Gasteiger partial charge < -0.3 is 5.32 Å². The quantitative estimate of drug-likeness (QED) is 0.902. The summed E-state index contributed by atoms with van der Waals surface area (Å²) >= 11 is 0. The number of sulfonamides is 1. The molecule has 1 aromatic carbocycles. The van der Waals surface area contributed by atoms with E-state index in [1.807, 2.05) is 20.8 Å². The number of piperidine rings is 1. The number of carbonyl (C=O) groups excluding carboxylic acids is 1. The van der Waals surface area contributed by atoms with Gasteiger partial charge in [-0.15, -0.1) is 0 Å². The molecule has 2 rings (SSSR count). The van der Waals surface area contributed by atoms with Crippen LogP contribution in [0.1, 0.15) is 47.0 Å². The van der Waals surface area contributed by atoms with Crippen molar-refractivity contribution in [3.63, 3.8) is 0 Å². The van der Waals surface area contributed by atoms with Crippen molar-refractivity contribution in [1.82, 2.24) is 4.31 Å². The fourth-order valence-electron chi connectivity index (χ4n) is 2.77. The van der Waals surface area contributed by atoms with Crippen molar-refractivity contribution in [2.24, 2.45) is 11.3 Å². The predicted molar refractivity (Wildman–Crippen MR) is 96.3 cm³/mol. The molecule has 1 saturated heterocycles. The van der Waals surface area contributed by atoms with Gasteiger partial charge in [0.05, 0.1) is 4.90 Å². The zero-order valence-corrected chi connectivity index (χ0v) is 15.8. The summed E-state index contributed by atoms with van der Waals surface area (Å²) in [4.78, 5) is 12.2. The SMILES string of the molecule is CC1CCN(S(=O)(=O)c2ccc(NC(=O)CC(C)(C)C)cc2)CC1. The third-order valence-electron chi connectivity index (χ3n) is 4.21. The number of nitrogens with zero attached hydrogens (tertiary/aromatic N) is 1. The molecule has 1 aliphatic rings. The van der Waals surface area contributed by atoms with Crippen LogP contribution in [0.15, 0.2) is 29.2 Å². The summed E-state index contributed by atoms with van der Waals surface area (Å²) in [5, 5.41) is 2.82. The van der Waals surface area contributed by atoms with Gasteiger partial charge in [0.25, 0.3) is 0 Å². The highest BCUT2D eigenvalue weighted by atomic mass is 32.2. The Morgan fingerprint density at radius 1 is 1.17 bits per heavy atom. The largest absolute Gasteiger partial charge is 0.326 e. The maximum Gasteiger partial charge on any atom is 0.243 e. The van der Waals surface area contributed by atoms with E-state index in [0.717, 1.165) is 12.8 Å². The first kappa shape index (κ1) is 18.9. The number of carbonyl (C=O) groups is 1. The molecule has 0 saturated carbocycles. The number of nitrogens with one attached hydrogen (secondary N) is 1. The molecule has 1 heterocycles. The van der Waals surface area contributed by atoms with Crippen LogP contribution >= 0.6 is 0 Å². The lowest BCUT2D eigenvalue weighted by molar-refractivity contribution is -0.117. The van der Waals surface area contributed by atoms with Gasteiger partial charge in [0.1, 0.15) is 0 Å². The third kappa shape index (κ3) is 5.05. The predicted octanol–water partition coefficient (Wildman–Crippen LogP) is 3.48. The van der Waals surface area contributed by atoms with E-state index < -0.39 is 10.0 Å². The smallest absolute Gasteiger partial charge is 0.243 e. The molecule has 1 fully saturated rings. The Hall–Kier alpha value is -1.40. The summed E-state index contributed by atoms with van der Waals surface area (Å²) in [6.07, 6.45) is 2.22. The molecule has 1 aliphatic heterocycles. The first-order valence-corrected chi connectivity index (χ1v) is 9.92. The van der Waals surface area contributed by atoms with Gasteiger partial charge in [0, 0.05) is 25.2 Å². The van der Waals surface area contributed by atoms with Gasteiger partial charge in [-0.2, -0.15) is 4.31 Å². The Morgan fingerprint density at radius 2 is 1.71 bits per heavy atom. The first-order chi connectivity index (χ1) is 11.1. The van der Waals surface area contributed by atoms with Crippen LogP contribution in [0.2, 0.25) is 0 Å². The van der Waals surface area contributed by atoms with E-state index in [1.54, 1.807) is 28.6 Å². The first-order valence-electron chi connectivity index (χ1n) is 8.48. The third-order valence-corrected chi connectivity index (χ3v) is 6.12. The minimum Gasteiger partial charge on any atom is -0.326 e. The highest BCUT2D eigenvalue weighted by Gasteiger charge is 2.28. The van der Waals surface area contributed by atoms with E-state index in [0.29, 0.717) is 31.1 Å². The Labute approximate surface area is 145 Å². The summed E-state index contributed by atoms with van der Waals surface area (Å²) in [6.45, 7) is 9.31. The molecule has 0 spiro atoms. The lowest BCUT2D eigenvalue weighted by atomic mass is 9.92. The van der Waals surface area contributed by atoms with Crippen molar-refractivity contribution in [1.29, 1.82) is 0 Å². The average Bonchev–Trinajstić information content (AvgIpc) is 2.46. The fraction of sp³-hybridized carbons (Fsp3) is 0.611. The monoisotopic (exact) mass is 352 g/mol. The Bertz CT molecular complexity index is 667. The number of anilines is 1. The number of hydrogen-bond donors (Lipinski definition) is 1. The second kappa shape index (κ2) is 7.23. The summed E-state index contributed by atoms with van der Waals surface area (Å²) in [5.41, 5.74) is 0.536. The maximum atomic E-state index is 12.7. The number of hydrogen-bond acceptors (Lipinski definition) is 3. The topological polar surface area (TPSA) is 66.5 Å².